The zero-order valence-electron chi connectivity index (χ0n) is 37.9. The average molecular weight is 890 g/mol. The molecule has 3 aromatic carbocycles. The summed E-state index contributed by atoms with van der Waals surface area (Å²) in [5.41, 5.74) is 22.5. The number of phenolic OH excluding ortho intramolecular Hbond substituents is 1. The van der Waals surface area contributed by atoms with Crippen LogP contribution in [0.25, 0.3) is 22.5 Å². The predicted octanol–water partition coefficient (Wildman–Crippen LogP) is 2.06. The molecule has 1 aliphatic rings. The van der Waals surface area contributed by atoms with Gasteiger partial charge in [-0.05, 0) is 85.7 Å². The van der Waals surface area contributed by atoms with E-state index < -0.39 is 53.7 Å². The van der Waals surface area contributed by atoms with E-state index >= 15 is 0 Å². The van der Waals surface area contributed by atoms with Crippen LogP contribution in [0, 0.1) is 25.2 Å². The third-order valence-electron chi connectivity index (χ3n) is 11.2. The molecule has 0 radical (unpaired) electrons. The van der Waals surface area contributed by atoms with Crippen LogP contribution < -0.4 is 43.2 Å². The number of ether oxygens (including phenoxy) is 1. The highest BCUT2D eigenvalue weighted by Crippen LogP contribution is 2.40. The quantitative estimate of drug-likeness (QED) is 0.0894. The molecule has 11 N–H and O–H groups in total. The average Bonchev–Trinajstić information content (AvgIpc) is 3.26. The van der Waals surface area contributed by atoms with Crippen LogP contribution in [-0.2, 0) is 37.6 Å². The Morgan fingerprint density at radius 2 is 1.65 bits per heavy atom. The molecule has 0 saturated heterocycles. The lowest BCUT2D eigenvalue weighted by Crippen LogP contribution is -2.56. The third kappa shape index (κ3) is 11.4. The summed E-state index contributed by atoms with van der Waals surface area (Å²) in [6.07, 6.45) is -0.118. The number of fused-ring (bicyclic) bond motifs is 5. The number of carbonyl (C=O) groups is 5. The van der Waals surface area contributed by atoms with Gasteiger partial charge in [-0.25, -0.2) is 9.97 Å². The minimum Gasteiger partial charge on any atom is -0.507 e. The number of rotatable bonds is 13. The highest BCUT2D eigenvalue weighted by atomic mass is 16.5. The Balaban J connectivity index is 1.57. The lowest BCUT2D eigenvalue weighted by molar-refractivity contribution is -0.141. The van der Waals surface area contributed by atoms with E-state index in [1.165, 1.54) is 20.0 Å². The maximum atomic E-state index is 14.7. The van der Waals surface area contributed by atoms with Gasteiger partial charge in [0.05, 0.1) is 23.0 Å². The first-order valence-electron chi connectivity index (χ1n) is 21.3. The standard InChI is InChI=1S/C47H59N11O7/c1-25-39(26(2)54-41(53-25)28-8-11-32(12-9-28)47(4,5)6)44(62)56-35(14-15-48)46(64)58(7)40-29-10-13-38(65-19-17-50)34(20-29)33-21-30(31(24-51)23-37(33)59)22-36(43(61)52-18-16-49)57-42(60)27(3)55-45(40)63/h8-13,20-21,23,27,35-36,40,59H,14-15,17-19,22,24,48,50-51H2,1-7H3,(H,52,61)(H,55,63)(H,56,62)(H,57,60)/t27-,35?,36-,40-/m0/s1. The third-order valence-corrected chi connectivity index (χ3v) is 11.2. The fourth-order valence-electron chi connectivity index (χ4n) is 7.70. The van der Waals surface area contributed by atoms with Gasteiger partial charge in [-0.2, -0.15) is 5.26 Å². The van der Waals surface area contributed by atoms with Crippen LogP contribution in [0.4, 0.5) is 0 Å². The summed E-state index contributed by atoms with van der Waals surface area (Å²) in [5.74, 6) is -3.02. The molecule has 18 heteroatoms. The molecule has 5 rings (SSSR count). The molecule has 1 aliphatic heterocycles. The van der Waals surface area contributed by atoms with Gasteiger partial charge in [0.1, 0.15) is 48.8 Å². The minimum absolute atomic E-state index is 0.0165. The molecule has 1 unspecified atom stereocenters. The zero-order chi connectivity index (χ0) is 47.7. The molecule has 65 heavy (non-hydrogen) atoms. The van der Waals surface area contributed by atoms with Gasteiger partial charge in [0.25, 0.3) is 5.91 Å². The topological polar surface area (TPSA) is 294 Å². The molecule has 0 saturated carbocycles. The minimum atomic E-state index is -1.45. The molecular weight excluding hydrogens is 831 g/mol. The molecule has 0 aliphatic carbocycles. The van der Waals surface area contributed by atoms with E-state index in [-0.39, 0.29) is 79.2 Å². The van der Waals surface area contributed by atoms with Crippen molar-refractivity contribution in [1.29, 1.82) is 5.26 Å². The van der Waals surface area contributed by atoms with Crippen molar-refractivity contribution >= 4 is 29.5 Å². The van der Waals surface area contributed by atoms with Crippen LogP contribution >= 0.6 is 0 Å². The van der Waals surface area contributed by atoms with Crippen molar-refractivity contribution in [3.8, 4) is 40.1 Å². The van der Waals surface area contributed by atoms with Gasteiger partial charge < -0.3 is 53.2 Å². The van der Waals surface area contributed by atoms with Crippen molar-refractivity contribution in [2.24, 2.45) is 17.2 Å². The van der Waals surface area contributed by atoms with Crippen LogP contribution in [0.2, 0.25) is 0 Å². The Bertz CT molecular complexity index is 2460. The van der Waals surface area contributed by atoms with E-state index in [0.717, 1.165) is 16.0 Å². The molecule has 4 aromatic rings. The van der Waals surface area contributed by atoms with Crippen molar-refractivity contribution in [3.05, 3.63) is 93.8 Å². The number of amides is 5. The number of benzene rings is 3. The summed E-state index contributed by atoms with van der Waals surface area (Å²) in [6, 6.07) is 12.3. The number of nitrogens with one attached hydrogen (secondary N) is 4. The summed E-state index contributed by atoms with van der Waals surface area (Å²) in [6.45, 7) is 11.0. The molecule has 5 amide bonds. The summed E-state index contributed by atoms with van der Waals surface area (Å²) >= 11 is 0. The van der Waals surface area contributed by atoms with Crippen LogP contribution in [-0.4, -0.2) is 101 Å². The first-order chi connectivity index (χ1) is 30.8. The molecule has 344 valence electrons. The highest BCUT2D eigenvalue weighted by molar-refractivity contribution is 6.00. The first kappa shape index (κ1) is 49.1. The summed E-state index contributed by atoms with van der Waals surface area (Å²) in [4.78, 5) is 80.8. The maximum absolute atomic E-state index is 14.7. The number of carbonyl (C=O) groups excluding carboxylic acids is 5. The molecule has 1 aromatic heterocycles. The zero-order valence-corrected chi connectivity index (χ0v) is 37.9. The number of nitriles is 1. The Hall–Kier alpha value is -6.94. The summed E-state index contributed by atoms with van der Waals surface area (Å²) in [7, 11) is 1.38. The van der Waals surface area contributed by atoms with E-state index in [4.69, 9.17) is 27.2 Å². The number of phenols is 1. The molecule has 2 heterocycles. The lowest BCUT2D eigenvalue weighted by Gasteiger charge is -2.32. The van der Waals surface area contributed by atoms with Crippen molar-refractivity contribution in [2.75, 3.05) is 33.3 Å². The summed E-state index contributed by atoms with van der Waals surface area (Å²) < 4.78 is 6.01. The van der Waals surface area contributed by atoms with Crippen molar-refractivity contribution in [2.45, 2.75) is 90.5 Å². The molecule has 0 fully saturated rings. The van der Waals surface area contributed by atoms with E-state index in [9.17, 15) is 29.1 Å². The smallest absolute Gasteiger partial charge is 0.255 e. The number of nitrogens with two attached hydrogens (primary N) is 3. The second-order valence-electron chi connectivity index (χ2n) is 17.0. The molecule has 18 nitrogen and oxygen atoms in total. The number of aromatic hydroxyl groups is 1. The number of likely N-dealkylation sites (N-methyl/N-ethyl adjacent to an activating group) is 1. The Morgan fingerprint density at radius 1 is 0.969 bits per heavy atom. The molecule has 4 atom stereocenters. The summed E-state index contributed by atoms with van der Waals surface area (Å²) in [5, 5.41) is 31.3. The second kappa shape index (κ2) is 21.2. The lowest BCUT2D eigenvalue weighted by atomic mass is 9.86. The van der Waals surface area contributed by atoms with Gasteiger partial charge in [-0.15, -0.1) is 0 Å². The van der Waals surface area contributed by atoms with Crippen molar-refractivity contribution in [1.82, 2.24) is 36.1 Å². The normalized spacial score (nSPS) is 16.8. The largest absolute Gasteiger partial charge is 0.507 e. The number of nitrogens with zero attached hydrogens (tertiary/aromatic N) is 4. The first-order valence-corrected chi connectivity index (χ1v) is 21.3. The monoisotopic (exact) mass is 889 g/mol. The van der Waals surface area contributed by atoms with Crippen LogP contribution in [0.5, 0.6) is 11.5 Å². The predicted molar refractivity (Wildman–Crippen MR) is 244 cm³/mol. The van der Waals surface area contributed by atoms with Crippen molar-refractivity contribution < 1.29 is 33.8 Å². The van der Waals surface area contributed by atoms with E-state index in [2.05, 4.69) is 52.0 Å². The van der Waals surface area contributed by atoms with Gasteiger partial charge in [0, 0.05) is 43.2 Å². The highest BCUT2D eigenvalue weighted by Gasteiger charge is 2.36. The number of aromatic nitrogens is 2. The van der Waals surface area contributed by atoms with Gasteiger partial charge in [-0.1, -0.05) is 51.1 Å². The van der Waals surface area contributed by atoms with Gasteiger partial charge in [-0.3, -0.25) is 24.0 Å². The van der Waals surface area contributed by atoms with Crippen LogP contribution in [0.3, 0.4) is 0 Å². The van der Waals surface area contributed by atoms with Crippen LogP contribution in [0.15, 0.2) is 54.6 Å². The van der Waals surface area contributed by atoms with E-state index in [1.54, 1.807) is 38.1 Å². The van der Waals surface area contributed by atoms with Gasteiger partial charge in [0.2, 0.25) is 23.6 Å². The number of hydrogen-bond donors (Lipinski definition) is 8. The van der Waals surface area contributed by atoms with Crippen LogP contribution in [0.1, 0.15) is 84.2 Å². The van der Waals surface area contributed by atoms with Gasteiger partial charge in [0.15, 0.2) is 5.82 Å². The molecule has 4 bridgehead atoms. The van der Waals surface area contributed by atoms with Gasteiger partial charge >= 0.3 is 0 Å². The molecule has 0 spiro atoms. The molecular formula is C47H59N11O7. The van der Waals surface area contributed by atoms with Crippen molar-refractivity contribution in [3.63, 3.8) is 0 Å². The Kier molecular flexibility index (Phi) is 16.0. The Labute approximate surface area is 378 Å². The second-order valence-corrected chi connectivity index (χ2v) is 17.0. The maximum Gasteiger partial charge on any atom is 0.255 e. The van der Waals surface area contributed by atoms with E-state index in [0.29, 0.717) is 33.9 Å². The van der Waals surface area contributed by atoms with E-state index in [1.807, 2.05) is 30.3 Å². The number of aryl methyl sites for hydroxylation is 2. The SMILES string of the molecule is Cc1nc(-c2ccc(C(C)(C)C)cc2)nc(C)c1C(=O)NC(CCN)C(=O)N(C)[C@@H]1C(=O)N[C@@H](C)C(=O)N[C@H](C(=O)NCC#N)Cc2cc(c(O)cc2CN)-c2cc1ccc2OCCN. The number of hydrogen-bond acceptors (Lipinski definition) is 13. The fourth-order valence-corrected chi connectivity index (χ4v) is 7.70. The fraction of sp³-hybridized carbons (Fsp3) is 0.404. The Morgan fingerprint density at radius 3 is 2.25 bits per heavy atom.